The molecule has 1 aromatic carbocycles. The zero-order chi connectivity index (χ0) is 14.1. The van der Waals surface area contributed by atoms with Gasteiger partial charge < -0.3 is 20.1 Å². The molecule has 0 aliphatic rings. The Labute approximate surface area is 124 Å². The van der Waals surface area contributed by atoms with Gasteiger partial charge in [0.2, 0.25) is 0 Å². The van der Waals surface area contributed by atoms with Gasteiger partial charge in [0.15, 0.2) is 0 Å². The van der Waals surface area contributed by atoms with Crippen LogP contribution in [-0.2, 0) is 15.9 Å². The summed E-state index contributed by atoms with van der Waals surface area (Å²) in [5, 5.41) is 0. The second kappa shape index (κ2) is 9.31. The molecule has 2 N–H and O–H groups in total. The molecule has 0 saturated carbocycles. The van der Waals surface area contributed by atoms with Crippen LogP contribution in [0.1, 0.15) is 5.56 Å². The van der Waals surface area contributed by atoms with Gasteiger partial charge in [0.25, 0.3) is 0 Å². The fourth-order valence-corrected chi connectivity index (χ4v) is 2.38. The fraction of sp³-hybridized carbons (Fsp3) is 0.571. The standard InChI is InChI=1S/C14H23BrN2O2/c1-18-9-7-17(8-10-19-2)14-4-3-13(15)11-12(14)5-6-16/h3-4,11H,5-10,16H2,1-2H3. The van der Waals surface area contributed by atoms with Crippen LogP contribution in [0, 0.1) is 0 Å². The summed E-state index contributed by atoms with van der Waals surface area (Å²) >= 11 is 3.51. The van der Waals surface area contributed by atoms with E-state index in [1.165, 1.54) is 11.3 Å². The summed E-state index contributed by atoms with van der Waals surface area (Å²) in [7, 11) is 3.44. The predicted molar refractivity (Wildman–Crippen MR) is 82.9 cm³/mol. The molecular formula is C14H23BrN2O2. The summed E-state index contributed by atoms with van der Waals surface area (Å²) < 4.78 is 11.4. The van der Waals surface area contributed by atoms with E-state index in [0.717, 1.165) is 24.0 Å². The van der Waals surface area contributed by atoms with E-state index >= 15 is 0 Å². The zero-order valence-corrected chi connectivity index (χ0v) is 13.3. The highest BCUT2D eigenvalue weighted by atomic mass is 79.9. The van der Waals surface area contributed by atoms with Crippen molar-refractivity contribution in [1.82, 2.24) is 0 Å². The third kappa shape index (κ3) is 5.48. The van der Waals surface area contributed by atoms with Crippen molar-refractivity contribution in [2.45, 2.75) is 6.42 Å². The normalized spacial score (nSPS) is 10.7. The van der Waals surface area contributed by atoms with Gasteiger partial charge in [-0.1, -0.05) is 15.9 Å². The van der Waals surface area contributed by atoms with Gasteiger partial charge in [0.05, 0.1) is 13.2 Å². The molecule has 0 heterocycles. The van der Waals surface area contributed by atoms with Crippen LogP contribution in [0.15, 0.2) is 22.7 Å². The van der Waals surface area contributed by atoms with Crippen molar-refractivity contribution < 1.29 is 9.47 Å². The first-order valence-corrected chi connectivity index (χ1v) is 7.23. The first-order chi connectivity index (χ1) is 9.22. The minimum Gasteiger partial charge on any atom is -0.383 e. The second-order valence-corrected chi connectivity index (χ2v) is 5.20. The fourth-order valence-electron chi connectivity index (χ4n) is 1.97. The first-order valence-electron chi connectivity index (χ1n) is 6.44. The molecule has 19 heavy (non-hydrogen) atoms. The molecule has 0 aromatic heterocycles. The van der Waals surface area contributed by atoms with Crippen molar-refractivity contribution in [2.75, 3.05) is 52.0 Å². The summed E-state index contributed by atoms with van der Waals surface area (Å²) in [6.07, 6.45) is 0.866. The van der Waals surface area contributed by atoms with Crippen molar-refractivity contribution in [1.29, 1.82) is 0 Å². The Balaban J connectivity index is 2.91. The molecule has 0 saturated heterocycles. The SMILES string of the molecule is COCCN(CCOC)c1ccc(Br)cc1CCN. The summed E-state index contributed by atoms with van der Waals surface area (Å²) in [5.74, 6) is 0. The highest BCUT2D eigenvalue weighted by molar-refractivity contribution is 9.10. The number of hydrogen-bond acceptors (Lipinski definition) is 4. The topological polar surface area (TPSA) is 47.7 Å². The third-order valence-electron chi connectivity index (χ3n) is 2.93. The Morgan fingerprint density at radius 1 is 1.16 bits per heavy atom. The summed E-state index contributed by atoms with van der Waals surface area (Å²) in [5.41, 5.74) is 8.16. The Kier molecular flexibility index (Phi) is 8.05. The van der Waals surface area contributed by atoms with Crippen molar-refractivity contribution in [3.05, 3.63) is 28.2 Å². The maximum atomic E-state index is 5.70. The maximum absolute atomic E-state index is 5.70. The van der Waals surface area contributed by atoms with Crippen LogP contribution in [0.2, 0.25) is 0 Å². The van der Waals surface area contributed by atoms with Gasteiger partial charge in [-0.3, -0.25) is 0 Å². The van der Waals surface area contributed by atoms with Gasteiger partial charge in [-0.25, -0.2) is 0 Å². The first kappa shape index (κ1) is 16.4. The second-order valence-electron chi connectivity index (χ2n) is 4.28. The average Bonchev–Trinajstić information content (AvgIpc) is 2.40. The van der Waals surface area contributed by atoms with Crippen LogP contribution < -0.4 is 10.6 Å². The minimum atomic E-state index is 0.645. The monoisotopic (exact) mass is 330 g/mol. The van der Waals surface area contributed by atoms with E-state index in [2.05, 4.69) is 39.0 Å². The van der Waals surface area contributed by atoms with Gasteiger partial charge in [0, 0.05) is 37.5 Å². The molecule has 0 spiro atoms. The molecule has 0 atom stereocenters. The number of nitrogens with zero attached hydrogens (tertiary/aromatic N) is 1. The van der Waals surface area contributed by atoms with Crippen molar-refractivity contribution >= 4 is 21.6 Å². The number of ether oxygens (including phenoxy) is 2. The number of nitrogens with two attached hydrogens (primary N) is 1. The summed E-state index contributed by atoms with van der Waals surface area (Å²) in [6, 6.07) is 6.32. The van der Waals surface area contributed by atoms with Crippen molar-refractivity contribution in [3.8, 4) is 0 Å². The van der Waals surface area contributed by atoms with E-state index in [1.807, 2.05) is 0 Å². The maximum Gasteiger partial charge on any atom is 0.0637 e. The molecule has 0 radical (unpaired) electrons. The van der Waals surface area contributed by atoms with Gasteiger partial charge in [0.1, 0.15) is 0 Å². The lowest BCUT2D eigenvalue weighted by Gasteiger charge is -2.27. The summed E-state index contributed by atoms with van der Waals surface area (Å²) in [6.45, 7) is 3.73. The molecule has 1 rings (SSSR count). The number of hydrogen-bond donors (Lipinski definition) is 1. The van der Waals surface area contributed by atoms with Gasteiger partial charge in [-0.2, -0.15) is 0 Å². The molecule has 0 aliphatic heterocycles. The molecule has 4 nitrogen and oxygen atoms in total. The predicted octanol–water partition coefficient (Wildman–Crippen LogP) is 2.05. The number of rotatable bonds is 9. The quantitative estimate of drug-likeness (QED) is 0.752. The molecule has 0 aliphatic carbocycles. The summed E-state index contributed by atoms with van der Waals surface area (Å²) in [4.78, 5) is 2.28. The molecule has 1 aromatic rings. The van der Waals surface area contributed by atoms with Gasteiger partial charge >= 0.3 is 0 Å². The van der Waals surface area contributed by atoms with E-state index in [4.69, 9.17) is 15.2 Å². The van der Waals surface area contributed by atoms with E-state index in [1.54, 1.807) is 14.2 Å². The molecule has 5 heteroatoms. The zero-order valence-electron chi connectivity index (χ0n) is 11.7. The minimum absolute atomic E-state index is 0.645. The smallest absolute Gasteiger partial charge is 0.0637 e. The highest BCUT2D eigenvalue weighted by Gasteiger charge is 2.11. The number of methoxy groups -OCH3 is 2. The molecule has 0 amide bonds. The molecule has 0 fully saturated rings. The lowest BCUT2D eigenvalue weighted by Crippen LogP contribution is -2.31. The van der Waals surface area contributed by atoms with Gasteiger partial charge in [-0.15, -0.1) is 0 Å². The van der Waals surface area contributed by atoms with Crippen LogP contribution in [-0.4, -0.2) is 47.1 Å². The molecular weight excluding hydrogens is 308 g/mol. The molecule has 108 valence electrons. The van der Waals surface area contributed by atoms with Crippen LogP contribution in [0.5, 0.6) is 0 Å². The highest BCUT2D eigenvalue weighted by Crippen LogP contribution is 2.25. The van der Waals surface area contributed by atoms with Gasteiger partial charge in [-0.05, 0) is 36.7 Å². The van der Waals surface area contributed by atoms with E-state index in [9.17, 15) is 0 Å². The molecule has 0 unspecified atom stereocenters. The Morgan fingerprint density at radius 3 is 2.32 bits per heavy atom. The Morgan fingerprint density at radius 2 is 1.79 bits per heavy atom. The van der Waals surface area contributed by atoms with Crippen molar-refractivity contribution in [3.63, 3.8) is 0 Å². The largest absolute Gasteiger partial charge is 0.383 e. The number of halogens is 1. The van der Waals surface area contributed by atoms with Crippen LogP contribution >= 0.6 is 15.9 Å². The van der Waals surface area contributed by atoms with E-state index < -0.39 is 0 Å². The van der Waals surface area contributed by atoms with E-state index in [0.29, 0.717) is 19.8 Å². The van der Waals surface area contributed by atoms with Crippen LogP contribution in [0.25, 0.3) is 0 Å². The van der Waals surface area contributed by atoms with Crippen LogP contribution in [0.3, 0.4) is 0 Å². The van der Waals surface area contributed by atoms with E-state index in [-0.39, 0.29) is 0 Å². The van der Waals surface area contributed by atoms with Crippen LogP contribution in [0.4, 0.5) is 5.69 Å². The lowest BCUT2D eigenvalue weighted by atomic mass is 10.1. The third-order valence-corrected chi connectivity index (χ3v) is 3.42. The lowest BCUT2D eigenvalue weighted by molar-refractivity contribution is 0.190. The number of benzene rings is 1. The Hall–Kier alpha value is -0.620. The van der Waals surface area contributed by atoms with Crippen molar-refractivity contribution in [2.24, 2.45) is 5.73 Å². The number of anilines is 1. The Bertz CT molecular complexity index is 366. The average molecular weight is 331 g/mol. The molecule has 0 bridgehead atoms.